The molecule has 2 N–H and O–H groups in total. The average Bonchev–Trinajstić information content (AvgIpc) is 3.03. The number of imide groups is 1. The van der Waals surface area contributed by atoms with Gasteiger partial charge in [0.25, 0.3) is 5.91 Å². The number of anilines is 1. The number of rotatable bonds is 3. The van der Waals surface area contributed by atoms with Crippen LogP contribution in [0.1, 0.15) is 6.42 Å². The predicted molar refractivity (Wildman–Crippen MR) is 78.5 cm³/mol. The maximum Gasteiger partial charge on any atom is 0.325 e. The number of hydrogen-bond donors (Lipinski definition) is 2. The number of amides is 4. The molecule has 0 bridgehead atoms. The Labute approximate surface area is 131 Å². The number of carbonyl (C=O) groups is 3. The molecule has 2 fully saturated rings. The lowest BCUT2D eigenvalue weighted by Crippen LogP contribution is -2.48. The van der Waals surface area contributed by atoms with Crippen molar-refractivity contribution in [2.45, 2.75) is 12.0 Å². The summed E-state index contributed by atoms with van der Waals surface area (Å²) >= 11 is 5.76. The molecule has 8 heteroatoms. The fourth-order valence-electron chi connectivity index (χ4n) is 2.53. The first-order chi connectivity index (χ1) is 10.5. The zero-order valence-corrected chi connectivity index (χ0v) is 12.4. The van der Waals surface area contributed by atoms with Crippen LogP contribution in [-0.2, 0) is 14.3 Å². The third-order valence-corrected chi connectivity index (χ3v) is 3.95. The first kappa shape index (κ1) is 14.8. The molecule has 0 radical (unpaired) electrons. The maximum absolute atomic E-state index is 12.3. The van der Waals surface area contributed by atoms with Gasteiger partial charge < -0.3 is 15.4 Å². The molecular formula is C14H14ClN3O4. The van der Waals surface area contributed by atoms with Crippen LogP contribution in [0.5, 0.6) is 0 Å². The Hall–Kier alpha value is -2.12. The van der Waals surface area contributed by atoms with E-state index < -0.39 is 23.4 Å². The second kappa shape index (κ2) is 5.58. The summed E-state index contributed by atoms with van der Waals surface area (Å²) < 4.78 is 5.19. The van der Waals surface area contributed by atoms with Gasteiger partial charge in [-0.2, -0.15) is 0 Å². The molecule has 2 aliphatic rings. The van der Waals surface area contributed by atoms with Crippen LogP contribution >= 0.6 is 11.6 Å². The number of benzene rings is 1. The molecule has 2 aliphatic heterocycles. The summed E-state index contributed by atoms with van der Waals surface area (Å²) in [6.07, 6.45) is 0.423. The van der Waals surface area contributed by atoms with Gasteiger partial charge in [-0.1, -0.05) is 11.6 Å². The molecule has 0 saturated carbocycles. The SMILES string of the molecule is O=C(CN1C(=O)NC2(CCOC2)C1=O)Nc1ccc(Cl)cc1. The van der Waals surface area contributed by atoms with Gasteiger partial charge in [-0.15, -0.1) is 0 Å². The molecule has 4 amide bonds. The van der Waals surface area contributed by atoms with E-state index in [1.165, 1.54) is 0 Å². The first-order valence-electron chi connectivity index (χ1n) is 6.77. The molecule has 7 nitrogen and oxygen atoms in total. The van der Waals surface area contributed by atoms with E-state index in [1.807, 2.05) is 0 Å². The number of urea groups is 1. The molecule has 0 aromatic heterocycles. The largest absolute Gasteiger partial charge is 0.378 e. The zero-order valence-electron chi connectivity index (χ0n) is 11.6. The minimum absolute atomic E-state index is 0.146. The molecule has 1 unspecified atom stereocenters. The van der Waals surface area contributed by atoms with E-state index in [0.717, 1.165) is 4.90 Å². The van der Waals surface area contributed by atoms with Crippen molar-refractivity contribution >= 4 is 35.1 Å². The normalized spacial score (nSPS) is 24.0. The first-order valence-corrected chi connectivity index (χ1v) is 7.15. The summed E-state index contributed by atoms with van der Waals surface area (Å²) in [5, 5.41) is 5.79. The van der Waals surface area contributed by atoms with Gasteiger partial charge in [0, 0.05) is 23.7 Å². The van der Waals surface area contributed by atoms with E-state index in [9.17, 15) is 14.4 Å². The van der Waals surface area contributed by atoms with Crippen molar-refractivity contribution < 1.29 is 19.1 Å². The lowest BCUT2D eigenvalue weighted by atomic mass is 9.99. The van der Waals surface area contributed by atoms with Gasteiger partial charge in [0.2, 0.25) is 5.91 Å². The highest BCUT2D eigenvalue weighted by atomic mass is 35.5. The molecular weight excluding hydrogens is 310 g/mol. The Morgan fingerprint density at radius 2 is 2.09 bits per heavy atom. The van der Waals surface area contributed by atoms with E-state index >= 15 is 0 Å². The average molecular weight is 324 g/mol. The highest BCUT2D eigenvalue weighted by Gasteiger charge is 2.53. The molecule has 2 saturated heterocycles. The summed E-state index contributed by atoms with van der Waals surface area (Å²) in [5.41, 5.74) is -0.460. The Morgan fingerprint density at radius 3 is 2.73 bits per heavy atom. The van der Waals surface area contributed by atoms with Crippen molar-refractivity contribution in [2.24, 2.45) is 0 Å². The van der Waals surface area contributed by atoms with Gasteiger partial charge >= 0.3 is 6.03 Å². The van der Waals surface area contributed by atoms with E-state index in [4.69, 9.17) is 16.3 Å². The van der Waals surface area contributed by atoms with E-state index in [-0.39, 0.29) is 13.2 Å². The molecule has 1 aromatic rings. The van der Waals surface area contributed by atoms with Gasteiger partial charge in [-0.3, -0.25) is 14.5 Å². The van der Waals surface area contributed by atoms with Crippen LogP contribution in [0.15, 0.2) is 24.3 Å². The lowest BCUT2D eigenvalue weighted by Gasteiger charge is -2.18. The molecule has 2 heterocycles. The number of halogens is 1. The predicted octanol–water partition coefficient (Wildman–Crippen LogP) is 0.989. The zero-order chi connectivity index (χ0) is 15.7. The van der Waals surface area contributed by atoms with Gasteiger partial charge in [-0.25, -0.2) is 4.79 Å². The Bertz CT molecular complexity index is 625. The quantitative estimate of drug-likeness (QED) is 0.812. The standard InChI is InChI=1S/C14H14ClN3O4/c15-9-1-3-10(4-2-9)16-11(19)7-18-12(20)14(17-13(18)21)5-6-22-8-14/h1-4H,5-8H2,(H,16,19)(H,17,21). The number of nitrogens with one attached hydrogen (secondary N) is 2. The maximum atomic E-state index is 12.3. The minimum Gasteiger partial charge on any atom is -0.378 e. The van der Waals surface area contributed by atoms with Crippen LogP contribution in [0, 0.1) is 0 Å². The lowest BCUT2D eigenvalue weighted by molar-refractivity contribution is -0.133. The number of hydrogen-bond acceptors (Lipinski definition) is 4. The van der Waals surface area contributed by atoms with Crippen molar-refractivity contribution in [3.05, 3.63) is 29.3 Å². The summed E-state index contributed by atoms with van der Waals surface area (Å²) in [6.45, 7) is 0.221. The third-order valence-electron chi connectivity index (χ3n) is 3.70. The topological polar surface area (TPSA) is 87.7 Å². The highest BCUT2D eigenvalue weighted by molar-refractivity contribution is 6.30. The third kappa shape index (κ3) is 2.65. The summed E-state index contributed by atoms with van der Waals surface area (Å²) in [5.74, 6) is -0.872. The monoisotopic (exact) mass is 323 g/mol. The summed E-state index contributed by atoms with van der Waals surface area (Å²) in [4.78, 5) is 37.2. The number of ether oxygens (including phenoxy) is 1. The van der Waals surface area contributed by atoms with E-state index in [2.05, 4.69) is 10.6 Å². The van der Waals surface area contributed by atoms with Gasteiger partial charge in [0.15, 0.2) is 0 Å². The van der Waals surface area contributed by atoms with Crippen LogP contribution < -0.4 is 10.6 Å². The number of carbonyl (C=O) groups excluding carboxylic acids is 3. The summed E-state index contributed by atoms with van der Waals surface area (Å²) in [7, 11) is 0. The van der Waals surface area contributed by atoms with Gasteiger partial charge in [-0.05, 0) is 24.3 Å². The van der Waals surface area contributed by atoms with Crippen molar-refractivity contribution in [1.29, 1.82) is 0 Å². The van der Waals surface area contributed by atoms with Crippen molar-refractivity contribution in [1.82, 2.24) is 10.2 Å². The van der Waals surface area contributed by atoms with Gasteiger partial charge in [0.05, 0.1) is 6.61 Å². The molecule has 0 aliphatic carbocycles. The van der Waals surface area contributed by atoms with E-state index in [0.29, 0.717) is 23.7 Å². The summed E-state index contributed by atoms with van der Waals surface area (Å²) in [6, 6.07) is 5.98. The molecule has 3 rings (SSSR count). The Balaban J connectivity index is 1.65. The smallest absolute Gasteiger partial charge is 0.325 e. The fourth-order valence-corrected chi connectivity index (χ4v) is 2.66. The molecule has 116 valence electrons. The Kier molecular flexibility index (Phi) is 3.76. The second-order valence-electron chi connectivity index (χ2n) is 5.26. The Morgan fingerprint density at radius 1 is 1.36 bits per heavy atom. The fraction of sp³-hybridized carbons (Fsp3) is 0.357. The van der Waals surface area contributed by atoms with Crippen molar-refractivity contribution in [3.63, 3.8) is 0 Å². The molecule has 1 spiro atoms. The van der Waals surface area contributed by atoms with Crippen LogP contribution in [0.4, 0.5) is 10.5 Å². The molecule has 1 aromatic carbocycles. The molecule has 22 heavy (non-hydrogen) atoms. The minimum atomic E-state index is -1.00. The highest BCUT2D eigenvalue weighted by Crippen LogP contribution is 2.26. The van der Waals surface area contributed by atoms with Gasteiger partial charge in [0.1, 0.15) is 12.1 Å². The van der Waals surface area contributed by atoms with Crippen LogP contribution in [0.3, 0.4) is 0 Å². The van der Waals surface area contributed by atoms with Crippen molar-refractivity contribution in [2.75, 3.05) is 25.1 Å². The van der Waals surface area contributed by atoms with Crippen LogP contribution in [0.25, 0.3) is 0 Å². The van der Waals surface area contributed by atoms with Crippen LogP contribution in [-0.4, -0.2) is 48.0 Å². The molecule has 1 atom stereocenters. The second-order valence-corrected chi connectivity index (χ2v) is 5.70. The number of nitrogens with zero attached hydrogens (tertiary/aromatic N) is 1. The van der Waals surface area contributed by atoms with E-state index in [1.54, 1.807) is 24.3 Å². The van der Waals surface area contributed by atoms with Crippen molar-refractivity contribution in [3.8, 4) is 0 Å². The van der Waals surface area contributed by atoms with Crippen LogP contribution in [0.2, 0.25) is 5.02 Å².